The maximum atomic E-state index is 5.55. The molecule has 17 heavy (non-hydrogen) atoms. The average molecular weight is 236 g/mol. The van der Waals surface area contributed by atoms with E-state index in [9.17, 15) is 0 Å². The number of nitrogens with zero attached hydrogens (tertiary/aromatic N) is 1. The van der Waals surface area contributed by atoms with Crippen molar-refractivity contribution in [2.75, 3.05) is 19.8 Å². The zero-order valence-electron chi connectivity index (χ0n) is 11.1. The minimum atomic E-state index is 0.282. The molecule has 3 nitrogen and oxygen atoms in total. The molecule has 0 fully saturated rings. The van der Waals surface area contributed by atoms with E-state index in [-0.39, 0.29) is 6.04 Å². The van der Waals surface area contributed by atoms with Gasteiger partial charge in [0.05, 0.1) is 12.3 Å². The number of aromatic nitrogens is 1. The molecule has 1 rings (SSSR count). The lowest BCUT2D eigenvalue weighted by atomic mass is 10.1. The van der Waals surface area contributed by atoms with Crippen molar-refractivity contribution in [1.29, 1.82) is 0 Å². The van der Waals surface area contributed by atoms with Crippen LogP contribution in [0.5, 0.6) is 0 Å². The zero-order chi connectivity index (χ0) is 12.5. The Morgan fingerprint density at radius 3 is 2.71 bits per heavy atom. The van der Waals surface area contributed by atoms with Crippen LogP contribution >= 0.6 is 0 Å². The first-order valence-corrected chi connectivity index (χ1v) is 6.42. The highest BCUT2D eigenvalue weighted by molar-refractivity contribution is 5.07. The van der Waals surface area contributed by atoms with Crippen molar-refractivity contribution < 1.29 is 4.74 Å². The van der Waals surface area contributed by atoms with Gasteiger partial charge in [-0.05, 0) is 31.4 Å². The topological polar surface area (TPSA) is 34.1 Å². The third-order valence-electron chi connectivity index (χ3n) is 2.67. The molecule has 1 aromatic heterocycles. The zero-order valence-corrected chi connectivity index (χ0v) is 11.1. The molecule has 1 N–H and O–H groups in total. The molecule has 1 aromatic rings. The van der Waals surface area contributed by atoms with Crippen molar-refractivity contribution in [1.82, 2.24) is 10.3 Å². The van der Waals surface area contributed by atoms with Gasteiger partial charge in [0.2, 0.25) is 0 Å². The van der Waals surface area contributed by atoms with E-state index in [1.807, 2.05) is 24.4 Å². The monoisotopic (exact) mass is 236 g/mol. The molecular weight excluding hydrogens is 212 g/mol. The maximum Gasteiger partial charge on any atom is 0.0591 e. The molecule has 0 radical (unpaired) electrons. The van der Waals surface area contributed by atoms with Gasteiger partial charge in [0.1, 0.15) is 0 Å². The van der Waals surface area contributed by atoms with Crippen molar-refractivity contribution in [3.63, 3.8) is 0 Å². The van der Waals surface area contributed by atoms with E-state index in [1.54, 1.807) is 0 Å². The van der Waals surface area contributed by atoms with Gasteiger partial charge in [-0.1, -0.05) is 19.9 Å². The molecular formula is C14H24N2O. The Morgan fingerprint density at radius 2 is 2.06 bits per heavy atom. The quantitative estimate of drug-likeness (QED) is 0.705. The van der Waals surface area contributed by atoms with Crippen LogP contribution in [0.3, 0.4) is 0 Å². The minimum Gasteiger partial charge on any atom is -0.380 e. The predicted octanol–water partition coefficient (Wildman–Crippen LogP) is 2.79. The SMILES string of the molecule is CC(C)CCOCCN[C@H](C)c1ccccn1. The van der Waals surface area contributed by atoms with Crippen molar-refractivity contribution in [3.8, 4) is 0 Å². The Hall–Kier alpha value is -0.930. The summed E-state index contributed by atoms with van der Waals surface area (Å²) in [6, 6.07) is 6.27. The first kappa shape index (κ1) is 14.1. The standard InChI is InChI=1S/C14H24N2O/c1-12(2)7-10-17-11-9-15-13(3)14-6-4-5-8-16-14/h4-6,8,12-13,15H,7,9-11H2,1-3H3/t13-/m1/s1. The number of ether oxygens (including phenoxy) is 1. The molecule has 0 saturated heterocycles. The van der Waals surface area contributed by atoms with Crippen LogP contribution in [0.2, 0.25) is 0 Å². The Bertz CT molecular complexity index is 288. The van der Waals surface area contributed by atoms with Crippen molar-refractivity contribution >= 4 is 0 Å². The van der Waals surface area contributed by atoms with Gasteiger partial charge in [0, 0.05) is 25.4 Å². The van der Waals surface area contributed by atoms with E-state index >= 15 is 0 Å². The van der Waals surface area contributed by atoms with Gasteiger partial charge >= 0.3 is 0 Å². The fourth-order valence-electron chi connectivity index (χ4n) is 1.51. The van der Waals surface area contributed by atoms with Gasteiger partial charge < -0.3 is 10.1 Å². The summed E-state index contributed by atoms with van der Waals surface area (Å²) in [5.41, 5.74) is 1.08. The molecule has 0 aliphatic carbocycles. The summed E-state index contributed by atoms with van der Waals surface area (Å²) in [6.07, 6.45) is 2.96. The van der Waals surface area contributed by atoms with Crippen molar-refractivity contribution in [2.45, 2.75) is 33.2 Å². The highest BCUT2D eigenvalue weighted by Crippen LogP contribution is 2.06. The van der Waals surface area contributed by atoms with E-state index in [0.717, 1.165) is 37.8 Å². The number of hydrogen-bond acceptors (Lipinski definition) is 3. The van der Waals surface area contributed by atoms with Crippen LogP contribution in [-0.4, -0.2) is 24.7 Å². The van der Waals surface area contributed by atoms with Crippen LogP contribution in [0.15, 0.2) is 24.4 Å². The molecule has 96 valence electrons. The third kappa shape index (κ3) is 6.39. The highest BCUT2D eigenvalue weighted by Gasteiger charge is 2.04. The molecule has 0 bridgehead atoms. The normalized spacial score (nSPS) is 12.9. The largest absolute Gasteiger partial charge is 0.380 e. The van der Waals surface area contributed by atoms with Crippen molar-refractivity contribution in [2.24, 2.45) is 5.92 Å². The summed E-state index contributed by atoms with van der Waals surface area (Å²) in [4.78, 5) is 4.31. The second-order valence-corrected chi connectivity index (χ2v) is 4.73. The van der Waals surface area contributed by atoms with Crippen LogP contribution < -0.4 is 5.32 Å². The molecule has 0 amide bonds. The molecule has 0 aromatic carbocycles. The van der Waals surface area contributed by atoms with E-state index in [4.69, 9.17) is 4.74 Å². The molecule has 3 heteroatoms. The number of rotatable bonds is 8. The fourth-order valence-corrected chi connectivity index (χ4v) is 1.51. The van der Waals surface area contributed by atoms with Crippen LogP contribution in [-0.2, 0) is 4.74 Å². The summed E-state index contributed by atoms with van der Waals surface area (Å²) in [7, 11) is 0. The van der Waals surface area contributed by atoms with E-state index in [2.05, 4.69) is 31.1 Å². The molecule has 0 spiro atoms. The van der Waals surface area contributed by atoms with Gasteiger partial charge in [0.15, 0.2) is 0 Å². The Labute approximate surface area is 105 Å². The summed E-state index contributed by atoms with van der Waals surface area (Å²) >= 11 is 0. The van der Waals surface area contributed by atoms with E-state index in [1.165, 1.54) is 0 Å². The molecule has 0 unspecified atom stereocenters. The lowest BCUT2D eigenvalue weighted by Gasteiger charge is -2.13. The number of nitrogens with one attached hydrogen (secondary N) is 1. The Morgan fingerprint density at radius 1 is 1.24 bits per heavy atom. The lowest BCUT2D eigenvalue weighted by Crippen LogP contribution is -2.24. The van der Waals surface area contributed by atoms with Gasteiger partial charge in [-0.3, -0.25) is 4.98 Å². The first-order chi connectivity index (χ1) is 8.20. The average Bonchev–Trinajstić information content (AvgIpc) is 2.34. The Kier molecular flexibility index (Phi) is 6.82. The summed E-state index contributed by atoms with van der Waals surface area (Å²) in [5, 5.41) is 3.40. The second-order valence-electron chi connectivity index (χ2n) is 4.73. The van der Waals surface area contributed by atoms with Gasteiger partial charge in [-0.15, -0.1) is 0 Å². The summed E-state index contributed by atoms with van der Waals surface area (Å²) < 4.78 is 5.55. The van der Waals surface area contributed by atoms with Crippen LogP contribution in [0.25, 0.3) is 0 Å². The molecule has 1 heterocycles. The number of hydrogen-bond donors (Lipinski definition) is 1. The lowest BCUT2D eigenvalue weighted by molar-refractivity contribution is 0.123. The third-order valence-corrected chi connectivity index (χ3v) is 2.67. The first-order valence-electron chi connectivity index (χ1n) is 6.42. The molecule has 0 aliphatic heterocycles. The number of pyridine rings is 1. The highest BCUT2D eigenvalue weighted by atomic mass is 16.5. The summed E-state index contributed by atoms with van der Waals surface area (Å²) in [5.74, 6) is 0.718. The van der Waals surface area contributed by atoms with Crippen LogP contribution in [0, 0.1) is 5.92 Å². The minimum absolute atomic E-state index is 0.282. The van der Waals surface area contributed by atoms with Gasteiger partial charge in [-0.25, -0.2) is 0 Å². The Balaban J connectivity index is 2.07. The maximum absolute atomic E-state index is 5.55. The molecule has 1 atom stereocenters. The summed E-state index contributed by atoms with van der Waals surface area (Å²) in [6.45, 7) is 9.04. The van der Waals surface area contributed by atoms with Crippen LogP contribution in [0.1, 0.15) is 38.9 Å². The van der Waals surface area contributed by atoms with E-state index < -0.39 is 0 Å². The van der Waals surface area contributed by atoms with Crippen LogP contribution in [0.4, 0.5) is 0 Å². The van der Waals surface area contributed by atoms with Crippen molar-refractivity contribution in [3.05, 3.63) is 30.1 Å². The van der Waals surface area contributed by atoms with E-state index in [0.29, 0.717) is 0 Å². The fraction of sp³-hybridized carbons (Fsp3) is 0.643. The smallest absolute Gasteiger partial charge is 0.0591 e. The predicted molar refractivity (Wildman–Crippen MR) is 70.9 cm³/mol. The van der Waals surface area contributed by atoms with Gasteiger partial charge in [0.25, 0.3) is 0 Å². The molecule has 0 saturated carbocycles. The second kappa shape index (κ2) is 8.20. The van der Waals surface area contributed by atoms with Gasteiger partial charge in [-0.2, -0.15) is 0 Å². The molecule has 0 aliphatic rings.